The Morgan fingerprint density at radius 2 is 1.50 bits per heavy atom. The van der Waals surface area contributed by atoms with Gasteiger partial charge in [0.15, 0.2) is 35.4 Å². The van der Waals surface area contributed by atoms with Gasteiger partial charge in [-0.05, 0) is 66.3 Å². The standard InChI is InChI=1S/C33H36O11/c34-23(11-6-21-8-13-25(35)27(37)16-21)18-24(12-7-22-9-14-26(36)28(38)17-22)43-33-32(31(41)29(39)19-42-33)44-30(40)15-10-20-4-2-1-3-5-20/h1-5,8-10,13-17,24,29,31-33,35-39,41H,6-7,11-12,18-19H2/b15-10+/t24-,29+,31-,32+,33-/m0/s1. The number of rotatable bonds is 13. The van der Waals surface area contributed by atoms with Crippen molar-refractivity contribution in [3.05, 3.63) is 89.5 Å². The highest BCUT2D eigenvalue weighted by Crippen LogP contribution is 2.28. The minimum atomic E-state index is -1.52. The summed E-state index contributed by atoms with van der Waals surface area (Å²) in [6.45, 7) is -0.295. The first-order valence-corrected chi connectivity index (χ1v) is 14.2. The predicted octanol–water partition coefficient (Wildman–Crippen LogP) is 3.12. The van der Waals surface area contributed by atoms with E-state index in [1.807, 2.05) is 6.07 Å². The second-order valence-corrected chi connectivity index (χ2v) is 10.6. The maximum atomic E-state index is 13.0. The molecule has 1 aliphatic heterocycles. The van der Waals surface area contributed by atoms with Crippen LogP contribution in [0.3, 0.4) is 0 Å². The van der Waals surface area contributed by atoms with E-state index in [0.29, 0.717) is 24.0 Å². The monoisotopic (exact) mass is 608 g/mol. The molecule has 3 aromatic rings. The molecule has 6 N–H and O–H groups in total. The SMILES string of the molecule is O=C(CCc1ccc(O)c(O)c1)C[C@H](CCc1ccc(O)c(O)c1)O[C@@H]1OC[C@@H](O)[C@H](O)[C@H]1OC(=O)/C=C/c1ccccc1. The van der Waals surface area contributed by atoms with Crippen molar-refractivity contribution in [3.8, 4) is 23.0 Å². The largest absolute Gasteiger partial charge is 0.504 e. The number of benzene rings is 3. The number of ketones is 1. The van der Waals surface area contributed by atoms with Gasteiger partial charge in [-0.3, -0.25) is 4.79 Å². The second kappa shape index (κ2) is 15.3. The quantitative estimate of drug-likeness (QED) is 0.0952. The van der Waals surface area contributed by atoms with Gasteiger partial charge in [0, 0.05) is 18.9 Å². The van der Waals surface area contributed by atoms with Crippen LogP contribution < -0.4 is 0 Å². The Hall–Kier alpha value is -4.42. The number of aliphatic hydroxyl groups excluding tert-OH is 2. The van der Waals surface area contributed by atoms with Gasteiger partial charge in [0.2, 0.25) is 0 Å². The van der Waals surface area contributed by atoms with Crippen molar-refractivity contribution in [1.29, 1.82) is 0 Å². The molecule has 1 heterocycles. The molecule has 3 aromatic carbocycles. The number of Topliss-reactive ketones (excluding diaryl/α,β-unsaturated/α-hetero) is 1. The fraction of sp³-hybridized carbons (Fsp3) is 0.333. The highest BCUT2D eigenvalue weighted by Gasteiger charge is 2.43. The van der Waals surface area contributed by atoms with Crippen molar-refractivity contribution in [1.82, 2.24) is 0 Å². The van der Waals surface area contributed by atoms with Gasteiger partial charge in [0.05, 0.1) is 12.7 Å². The van der Waals surface area contributed by atoms with Crippen LogP contribution in [0, 0.1) is 0 Å². The lowest BCUT2D eigenvalue weighted by atomic mass is 9.99. The Labute approximate surface area is 254 Å². The number of hydrogen-bond donors (Lipinski definition) is 6. The van der Waals surface area contributed by atoms with Gasteiger partial charge < -0.3 is 44.8 Å². The molecular formula is C33H36O11. The van der Waals surface area contributed by atoms with Crippen molar-refractivity contribution in [2.75, 3.05) is 6.61 Å². The van der Waals surface area contributed by atoms with Crippen LogP contribution in [0.5, 0.6) is 23.0 Å². The van der Waals surface area contributed by atoms with E-state index in [-0.39, 0.29) is 54.7 Å². The molecule has 0 aliphatic carbocycles. The summed E-state index contributed by atoms with van der Waals surface area (Å²) in [6.07, 6.45) is -2.74. The zero-order chi connectivity index (χ0) is 31.6. The van der Waals surface area contributed by atoms with Gasteiger partial charge in [-0.2, -0.15) is 0 Å². The van der Waals surface area contributed by atoms with E-state index in [1.165, 1.54) is 36.4 Å². The number of phenolic OH excluding ortho intramolecular Hbond substituents is 4. The zero-order valence-corrected chi connectivity index (χ0v) is 23.9. The van der Waals surface area contributed by atoms with Crippen molar-refractivity contribution in [2.45, 2.75) is 62.8 Å². The van der Waals surface area contributed by atoms with Crippen LogP contribution in [0.4, 0.5) is 0 Å². The van der Waals surface area contributed by atoms with Gasteiger partial charge in [-0.15, -0.1) is 0 Å². The number of aryl methyl sites for hydroxylation is 2. The summed E-state index contributed by atoms with van der Waals surface area (Å²) in [6, 6.07) is 17.7. The van der Waals surface area contributed by atoms with E-state index < -0.39 is 36.7 Å². The Balaban J connectivity index is 1.46. The highest BCUT2D eigenvalue weighted by atomic mass is 16.7. The van der Waals surface area contributed by atoms with E-state index in [4.69, 9.17) is 14.2 Å². The first-order valence-electron chi connectivity index (χ1n) is 14.2. The highest BCUT2D eigenvalue weighted by molar-refractivity contribution is 5.87. The minimum absolute atomic E-state index is 0.0821. The molecule has 0 amide bonds. The lowest BCUT2D eigenvalue weighted by molar-refractivity contribution is -0.286. The van der Waals surface area contributed by atoms with E-state index >= 15 is 0 Å². The Morgan fingerprint density at radius 1 is 0.864 bits per heavy atom. The maximum Gasteiger partial charge on any atom is 0.331 e. The summed E-state index contributed by atoms with van der Waals surface area (Å²) >= 11 is 0. The van der Waals surface area contributed by atoms with Crippen molar-refractivity contribution in [3.63, 3.8) is 0 Å². The molecule has 11 heteroatoms. The number of carbonyl (C=O) groups is 2. The molecule has 0 radical (unpaired) electrons. The summed E-state index contributed by atoms with van der Waals surface area (Å²) in [5.41, 5.74) is 2.06. The van der Waals surface area contributed by atoms with Gasteiger partial charge in [-0.25, -0.2) is 4.79 Å². The Bertz CT molecular complexity index is 1440. The van der Waals surface area contributed by atoms with Crippen LogP contribution in [0.1, 0.15) is 36.0 Å². The number of esters is 1. The molecule has 11 nitrogen and oxygen atoms in total. The molecule has 1 aliphatic rings. The fourth-order valence-corrected chi connectivity index (χ4v) is 4.73. The van der Waals surface area contributed by atoms with Gasteiger partial charge in [0.25, 0.3) is 0 Å². The molecule has 1 saturated heterocycles. The molecule has 4 rings (SSSR count). The molecule has 0 unspecified atom stereocenters. The third-order valence-electron chi connectivity index (χ3n) is 7.20. The average Bonchev–Trinajstić information content (AvgIpc) is 3.01. The molecule has 0 bridgehead atoms. The second-order valence-electron chi connectivity index (χ2n) is 10.6. The van der Waals surface area contributed by atoms with Gasteiger partial charge >= 0.3 is 5.97 Å². The summed E-state index contributed by atoms with van der Waals surface area (Å²) in [5, 5.41) is 59.7. The maximum absolute atomic E-state index is 13.0. The lowest BCUT2D eigenvalue weighted by Crippen LogP contribution is -2.56. The molecular weight excluding hydrogens is 572 g/mol. The summed E-state index contributed by atoms with van der Waals surface area (Å²) < 4.78 is 17.2. The summed E-state index contributed by atoms with van der Waals surface area (Å²) in [4.78, 5) is 25.7. The first-order chi connectivity index (χ1) is 21.1. The summed E-state index contributed by atoms with van der Waals surface area (Å²) in [5.74, 6) is -2.11. The fourth-order valence-electron chi connectivity index (χ4n) is 4.73. The van der Waals surface area contributed by atoms with E-state index in [2.05, 4.69) is 0 Å². The van der Waals surface area contributed by atoms with Crippen LogP contribution >= 0.6 is 0 Å². The number of aliphatic hydroxyl groups is 2. The predicted molar refractivity (Wildman–Crippen MR) is 158 cm³/mol. The number of ether oxygens (including phenoxy) is 3. The normalized spacial score (nSPS) is 20.8. The molecule has 0 aromatic heterocycles. The van der Waals surface area contributed by atoms with Gasteiger partial charge in [-0.1, -0.05) is 42.5 Å². The molecule has 5 atom stereocenters. The third-order valence-corrected chi connectivity index (χ3v) is 7.20. The van der Waals surface area contributed by atoms with Crippen LogP contribution in [0.25, 0.3) is 6.08 Å². The number of carbonyl (C=O) groups excluding carboxylic acids is 2. The van der Waals surface area contributed by atoms with Crippen molar-refractivity contribution >= 4 is 17.8 Å². The van der Waals surface area contributed by atoms with E-state index in [9.17, 15) is 40.2 Å². The number of aromatic hydroxyl groups is 4. The zero-order valence-electron chi connectivity index (χ0n) is 23.9. The molecule has 234 valence electrons. The smallest absolute Gasteiger partial charge is 0.331 e. The van der Waals surface area contributed by atoms with Crippen molar-refractivity contribution in [2.24, 2.45) is 0 Å². The first kappa shape index (κ1) is 32.5. The number of phenols is 4. The van der Waals surface area contributed by atoms with E-state index in [1.54, 1.807) is 36.4 Å². The molecule has 0 spiro atoms. The van der Waals surface area contributed by atoms with Gasteiger partial charge in [0.1, 0.15) is 18.0 Å². The number of hydrogen-bond acceptors (Lipinski definition) is 11. The molecule has 1 fully saturated rings. The Kier molecular flexibility index (Phi) is 11.3. The average molecular weight is 609 g/mol. The van der Waals surface area contributed by atoms with Crippen LogP contribution in [-0.2, 0) is 36.6 Å². The molecule has 0 saturated carbocycles. The lowest BCUT2D eigenvalue weighted by Gasteiger charge is -2.38. The topological polar surface area (TPSA) is 183 Å². The van der Waals surface area contributed by atoms with Crippen LogP contribution in [-0.4, -0.2) is 79.7 Å². The van der Waals surface area contributed by atoms with Crippen LogP contribution in [0.15, 0.2) is 72.8 Å². The van der Waals surface area contributed by atoms with E-state index in [0.717, 1.165) is 5.56 Å². The minimum Gasteiger partial charge on any atom is -0.504 e. The van der Waals surface area contributed by atoms with Crippen LogP contribution in [0.2, 0.25) is 0 Å². The molecule has 44 heavy (non-hydrogen) atoms. The van der Waals surface area contributed by atoms with Crippen molar-refractivity contribution < 1.29 is 54.4 Å². The third kappa shape index (κ3) is 9.29. The summed E-state index contributed by atoms with van der Waals surface area (Å²) in [7, 11) is 0. The Morgan fingerprint density at radius 3 is 2.14 bits per heavy atom.